The molecule has 1 aliphatic rings. The predicted molar refractivity (Wildman–Crippen MR) is 145 cm³/mol. The average Bonchev–Trinajstić information content (AvgIpc) is 2.90. The van der Waals surface area contributed by atoms with Crippen molar-refractivity contribution < 1.29 is 14.7 Å². The Bertz CT molecular complexity index is 1240. The van der Waals surface area contributed by atoms with E-state index < -0.39 is 17.9 Å². The van der Waals surface area contributed by atoms with Crippen molar-refractivity contribution in [1.82, 2.24) is 24.8 Å². The minimum absolute atomic E-state index is 0.109. The van der Waals surface area contributed by atoms with E-state index in [0.717, 1.165) is 41.3 Å². The number of carbonyl (C=O) groups excluding carboxylic acids is 1. The number of nitrogens with one attached hydrogen (secondary N) is 2. The molecule has 1 aliphatic heterocycles. The lowest BCUT2D eigenvalue weighted by molar-refractivity contribution is -0.140. The van der Waals surface area contributed by atoms with Crippen LogP contribution in [-0.2, 0) is 16.1 Å². The zero-order valence-electron chi connectivity index (χ0n) is 21.1. The van der Waals surface area contributed by atoms with Gasteiger partial charge in [0.25, 0.3) is 0 Å². The highest BCUT2D eigenvalue weighted by Gasteiger charge is 2.31. The largest absolute Gasteiger partial charge is 0.480 e. The first-order valence-electron chi connectivity index (χ1n) is 12.5. The van der Waals surface area contributed by atoms with Crippen LogP contribution in [0.1, 0.15) is 12.0 Å². The van der Waals surface area contributed by atoms with E-state index in [1.165, 1.54) is 0 Å². The molecule has 1 unspecified atom stereocenters. The molecule has 12 heteroatoms. The number of carbonyl (C=O) groups is 2. The molecule has 2 aromatic heterocycles. The first-order valence-corrected chi connectivity index (χ1v) is 12.5. The van der Waals surface area contributed by atoms with Gasteiger partial charge in [0.2, 0.25) is 11.9 Å². The molecule has 7 N–H and O–H groups in total. The van der Waals surface area contributed by atoms with E-state index in [4.69, 9.17) is 16.6 Å². The van der Waals surface area contributed by atoms with Gasteiger partial charge in [-0.2, -0.15) is 0 Å². The van der Waals surface area contributed by atoms with E-state index in [-0.39, 0.29) is 6.54 Å². The fourth-order valence-corrected chi connectivity index (χ4v) is 4.33. The van der Waals surface area contributed by atoms with Gasteiger partial charge in [0.15, 0.2) is 0 Å². The number of carboxylic acid groups (broad SMARTS) is 1. The summed E-state index contributed by atoms with van der Waals surface area (Å²) in [5.74, 6) is -0.154. The van der Waals surface area contributed by atoms with Crippen LogP contribution in [0.15, 0.2) is 54.9 Å². The molecule has 3 aromatic rings. The van der Waals surface area contributed by atoms with Gasteiger partial charge in [0.1, 0.15) is 11.9 Å². The van der Waals surface area contributed by atoms with E-state index in [9.17, 15) is 9.59 Å². The maximum Gasteiger partial charge on any atom is 0.317 e. The monoisotopic (exact) mass is 519 g/mol. The number of primary amides is 1. The van der Waals surface area contributed by atoms with Crippen molar-refractivity contribution in [3.63, 3.8) is 0 Å². The second kappa shape index (κ2) is 12.9. The van der Waals surface area contributed by atoms with Gasteiger partial charge in [-0.3, -0.25) is 19.4 Å². The molecule has 1 atom stereocenters. The molecular weight excluding hydrogens is 486 g/mol. The Balaban J connectivity index is 1.41. The van der Waals surface area contributed by atoms with Gasteiger partial charge in [-0.1, -0.05) is 12.1 Å². The van der Waals surface area contributed by atoms with Crippen molar-refractivity contribution in [2.45, 2.75) is 19.0 Å². The molecule has 0 spiro atoms. The SMILES string of the molecule is NCCCNc1ccc(-c2ccnc(Nc3cccc(CN4CCN(CC(=O)O)CC4C(N)=O)c3)n2)cn1. The molecule has 1 aromatic carbocycles. The van der Waals surface area contributed by atoms with Crippen LogP contribution in [0.2, 0.25) is 0 Å². The first-order chi connectivity index (χ1) is 18.4. The summed E-state index contributed by atoms with van der Waals surface area (Å²) < 4.78 is 0. The molecule has 1 amide bonds. The lowest BCUT2D eigenvalue weighted by atomic mass is 10.1. The van der Waals surface area contributed by atoms with Crippen LogP contribution in [-0.4, -0.2) is 87.0 Å². The van der Waals surface area contributed by atoms with Crippen LogP contribution in [0.4, 0.5) is 17.5 Å². The molecule has 0 radical (unpaired) electrons. The fourth-order valence-electron chi connectivity index (χ4n) is 4.33. The Morgan fingerprint density at radius 1 is 1.13 bits per heavy atom. The summed E-state index contributed by atoms with van der Waals surface area (Å²) in [6, 6.07) is 12.9. The molecule has 1 fully saturated rings. The molecule has 0 bridgehead atoms. The molecule has 3 heterocycles. The number of rotatable bonds is 12. The highest BCUT2D eigenvalue weighted by Crippen LogP contribution is 2.22. The van der Waals surface area contributed by atoms with Gasteiger partial charge in [0.05, 0.1) is 12.2 Å². The predicted octanol–water partition coefficient (Wildman–Crippen LogP) is 1.10. The summed E-state index contributed by atoms with van der Waals surface area (Å²) in [4.78, 5) is 40.3. The minimum atomic E-state index is -0.921. The summed E-state index contributed by atoms with van der Waals surface area (Å²) in [6.07, 6.45) is 4.33. The number of pyridine rings is 1. The minimum Gasteiger partial charge on any atom is -0.480 e. The number of nitrogens with zero attached hydrogens (tertiary/aromatic N) is 5. The Morgan fingerprint density at radius 3 is 2.74 bits per heavy atom. The van der Waals surface area contributed by atoms with Crippen LogP contribution in [0, 0.1) is 0 Å². The lowest BCUT2D eigenvalue weighted by Gasteiger charge is -2.39. The van der Waals surface area contributed by atoms with Crippen LogP contribution in [0.25, 0.3) is 11.3 Å². The van der Waals surface area contributed by atoms with Gasteiger partial charge in [-0.25, -0.2) is 15.0 Å². The van der Waals surface area contributed by atoms with Crippen molar-refractivity contribution in [2.75, 3.05) is 49.9 Å². The number of carboxylic acids is 1. The summed E-state index contributed by atoms with van der Waals surface area (Å²) in [5.41, 5.74) is 14.6. The number of hydrogen-bond donors (Lipinski definition) is 5. The molecule has 1 saturated heterocycles. The zero-order chi connectivity index (χ0) is 26.9. The molecule has 200 valence electrons. The second-order valence-corrected chi connectivity index (χ2v) is 9.11. The van der Waals surface area contributed by atoms with Gasteiger partial charge in [0, 0.05) is 56.4 Å². The average molecular weight is 520 g/mol. The molecular formula is C26H33N9O3. The summed E-state index contributed by atoms with van der Waals surface area (Å²) >= 11 is 0. The molecule has 0 aliphatic carbocycles. The lowest BCUT2D eigenvalue weighted by Crippen LogP contribution is -2.58. The van der Waals surface area contributed by atoms with Crippen LogP contribution >= 0.6 is 0 Å². The number of aliphatic carboxylic acids is 1. The smallest absolute Gasteiger partial charge is 0.317 e. The molecule has 12 nitrogen and oxygen atoms in total. The number of hydrogen-bond acceptors (Lipinski definition) is 10. The van der Waals surface area contributed by atoms with Crippen LogP contribution < -0.4 is 22.1 Å². The number of benzene rings is 1. The van der Waals surface area contributed by atoms with Crippen molar-refractivity contribution in [3.05, 3.63) is 60.4 Å². The summed E-state index contributed by atoms with van der Waals surface area (Å²) in [5, 5.41) is 15.6. The third kappa shape index (κ3) is 7.44. The van der Waals surface area contributed by atoms with Crippen molar-refractivity contribution in [1.29, 1.82) is 0 Å². The summed E-state index contributed by atoms with van der Waals surface area (Å²) in [6.45, 7) is 3.18. The second-order valence-electron chi connectivity index (χ2n) is 9.11. The highest BCUT2D eigenvalue weighted by atomic mass is 16.4. The molecule has 0 saturated carbocycles. The Hall–Kier alpha value is -4.13. The maximum absolute atomic E-state index is 12.1. The fraction of sp³-hybridized carbons (Fsp3) is 0.346. The van der Waals surface area contributed by atoms with E-state index >= 15 is 0 Å². The van der Waals surface area contributed by atoms with Crippen molar-refractivity contribution >= 4 is 29.3 Å². The zero-order valence-corrected chi connectivity index (χ0v) is 21.1. The highest BCUT2D eigenvalue weighted by molar-refractivity contribution is 5.80. The van der Waals surface area contributed by atoms with Gasteiger partial charge in [-0.15, -0.1) is 0 Å². The van der Waals surface area contributed by atoms with Crippen molar-refractivity contribution in [2.24, 2.45) is 11.5 Å². The number of piperazine rings is 1. The topological polar surface area (TPSA) is 176 Å². The van der Waals surface area contributed by atoms with Crippen LogP contribution in [0.3, 0.4) is 0 Å². The first kappa shape index (κ1) is 26.9. The standard InChI is InChI=1S/C26H33N9O3/c27-8-2-9-29-23-6-5-19(14-31-23)21-7-10-30-26(33-21)32-20-4-1-3-18(13-20)15-35-12-11-34(17-24(36)37)16-22(35)25(28)38/h1,3-7,10,13-14,22H,2,8-9,11-12,15-17,27H2,(H2,28,38)(H,29,31)(H,36,37)(H,30,32,33). The van der Waals surface area contributed by atoms with E-state index in [1.807, 2.05) is 47.4 Å². The third-order valence-corrected chi connectivity index (χ3v) is 6.23. The normalized spacial score (nSPS) is 16.2. The van der Waals surface area contributed by atoms with Gasteiger partial charge >= 0.3 is 5.97 Å². The molecule has 4 rings (SSSR count). The summed E-state index contributed by atoms with van der Waals surface area (Å²) in [7, 11) is 0. The van der Waals surface area contributed by atoms with Gasteiger partial charge < -0.3 is 27.2 Å². The van der Waals surface area contributed by atoms with E-state index in [1.54, 1.807) is 17.3 Å². The number of nitrogens with two attached hydrogens (primary N) is 2. The number of amides is 1. The number of aromatic nitrogens is 3. The third-order valence-electron chi connectivity index (χ3n) is 6.23. The Kier molecular flexibility index (Phi) is 9.14. The number of anilines is 3. The van der Waals surface area contributed by atoms with E-state index in [0.29, 0.717) is 38.7 Å². The molecule has 38 heavy (non-hydrogen) atoms. The quantitative estimate of drug-likeness (QED) is 0.217. The Labute approximate surface area is 221 Å². The van der Waals surface area contributed by atoms with Gasteiger partial charge in [-0.05, 0) is 48.9 Å². The van der Waals surface area contributed by atoms with Crippen molar-refractivity contribution in [3.8, 4) is 11.3 Å². The maximum atomic E-state index is 12.1. The van der Waals surface area contributed by atoms with Crippen LogP contribution in [0.5, 0.6) is 0 Å². The van der Waals surface area contributed by atoms with E-state index in [2.05, 4.69) is 25.6 Å². The Morgan fingerprint density at radius 2 is 2.00 bits per heavy atom.